The van der Waals surface area contributed by atoms with E-state index in [-0.39, 0.29) is 18.6 Å². The van der Waals surface area contributed by atoms with Crippen molar-refractivity contribution in [3.8, 4) is 0 Å². The van der Waals surface area contributed by atoms with Gasteiger partial charge in [-0.3, -0.25) is 4.79 Å². The largest absolute Gasteiger partial charge is 0.392 e. The predicted molar refractivity (Wildman–Crippen MR) is 70.5 cm³/mol. The second kappa shape index (κ2) is 4.61. The molecule has 0 saturated carbocycles. The summed E-state index contributed by atoms with van der Waals surface area (Å²) >= 11 is 0. The first kappa shape index (κ1) is 12.9. The standard InChI is InChI=1S/C14H19N2O2/c1-9(2)16-7-10-5-6-12(15(3)4)11(8-17)13(10)14(16)18/h5,9,17H,7-8H2,1-4H3. The van der Waals surface area contributed by atoms with Gasteiger partial charge in [-0.15, -0.1) is 0 Å². The maximum Gasteiger partial charge on any atom is 0.255 e. The lowest BCUT2D eigenvalue weighted by Gasteiger charge is -2.20. The zero-order valence-corrected chi connectivity index (χ0v) is 11.3. The van der Waals surface area contributed by atoms with Crippen molar-refractivity contribution in [2.24, 2.45) is 0 Å². The van der Waals surface area contributed by atoms with Crippen molar-refractivity contribution < 1.29 is 9.90 Å². The lowest BCUT2D eigenvalue weighted by Crippen LogP contribution is -2.31. The van der Waals surface area contributed by atoms with Crippen LogP contribution in [-0.2, 0) is 13.2 Å². The van der Waals surface area contributed by atoms with Crippen LogP contribution in [0.3, 0.4) is 0 Å². The molecular weight excluding hydrogens is 228 g/mol. The van der Waals surface area contributed by atoms with Crippen LogP contribution in [0.15, 0.2) is 6.07 Å². The number of aliphatic hydroxyl groups is 1. The van der Waals surface area contributed by atoms with Crippen molar-refractivity contribution >= 4 is 11.6 Å². The normalized spacial score (nSPS) is 14.3. The molecule has 1 radical (unpaired) electrons. The zero-order valence-electron chi connectivity index (χ0n) is 11.3. The third-order valence-electron chi connectivity index (χ3n) is 3.34. The van der Waals surface area contributed by atoms with Crippen molar-refractivity contribution in [1.29, 1.82) is 0 Å². The van der Waals surface area contributed by atoms with Gasteiger partial charge in [0.2, 0.25) is 0 Å². The van der Waals surface area contributed by atoms with E-state index in [0.29, 0.717) is 17.7 Å². The Hall–Kier alpha value is -1.55. The molecule has 1 aromatic rings. The number of aliphatic hydroxyl groups excluding tert-OH is 1. The van der Waals surface area contributed by atoms with Crippen LogP contribution in [0.5, 0.6) is 0 Å². The minimum absolute atomic E-state index is 0.0150. The highest BCUT2D eigenvalue weighted by atomic mass is 16.3. The van der Waals surface area contributed by atoms with Gasteiger partial charge in [-0.05, 0) is 25.5 Å². The van der Waals surface area contributed by atoms with E-state index in [0.717, 1.165) is 11.3 Å². The van der Waals surface area contributed by atoms with Crippen LogP contribution in [0.2, 0.25) is 0 Å². The summed E-state index contributed by atoms with van der Waals surface area (Å²) in [6.45, 7) is 4.48. The van der Waals surface area contributed by atoms with Crippen LogP contribution < -0.4 is 4.90 Å². The molecule has 18 heavy (non-hydrogen) atoms. The number of hydrogen-bond donors (Lipinski definition) is 1. The summed E-state index contributed by atoms with van der Waals surface area (Å²) in [5.74, 6) is 0.0150. The van der Waals surface area contributed by atoms with Gasteiger partial charge in [0, 0.05) is 38.3 Å². The fourth-order valence-corrected chi connectivity index (χ4v) is 2.39. The Balaban J connectivity index is 2.55. The number of amides is 1. The molecule has 1 heterocycles. The van der Waals surface area contributed by atoms with Gasteiger partial charge in [0.15, 0.2) is 0 Å². The average Bonchev–Trinajstić information content (AvgIpc) is 2.65. The molecule has 0 bridgehead atoms. The molecular formula is C14H19N2O2. The summed E-state index contributed by atoms with van der Waals surface area (Å²) in [5.41, 5.74) is 3.10. The molecule has 97 valence electrons. The number of fused-ring (bicyclic) bond motifs is 1. The van der Waals surface area contributed by atoms with Crippen LogP contribution in [0.4, 0.5) is 5.69 Å². The molecule has 0 spiro atoms. The zero-order chi connectivity index (χ0) is 13.4. The van der Waals surface area contributed by atoms with Gasteiger partial charge < -0.3 is 14.9 Å². The van der Waals surface area contributed by atoms with Gasteiger partial charge in [0.25, 0.3) is 5.91 Å². The Morgan fingerprint density at radius 3 is 2.67 bits per heavy atom. The molecule has 1 amide bonds. The Morgan fingerprint density at radius 1 is 1.50 bits per heavy atom. The Morgan fingerprint density at radius 2 is 2.17 bits per heavy atom. The first-order chi connectivity index (χ1) is 8.47. The average molecular weight is 247 g/mol. The summed E-state index contributed by atoms with van der Waals surface area (Å²) in [6.07, 6.45) is 0. The fraction of sp³-hybridized carbons (Fsp3) is 0.500. The minimum atomic E-state index is -0.134. The van der Waals surface area contributed by atoms with Crippen molar-refractivity contribution in [1.82, 2.24) is 4.90 Å². The maximum absolute atomic E-state index is 12.4. The van der Waals surface area contributed by atoms with Crippen molar-refractivity contribution in [3.63, 3.8) is 0 Å². The second-order valence-corrected chi connectivity index (χ2v) is 5.10. The summed E-state index contributed by atoms with van der Waals surface area (Å²) < 4.78 is 0. The summed E-state index contributed by atoms with van der Waals surface area (Å²) in [5, 5.41) is 9.56. The molecule has 2 rings (SSSR count). The fourth-order valence-electron chi connectivity index (χ4n) is 2.39. The molecule has 0 aliphatic carbocycles. The SMILES string of the molecule is CC(C)N1Cc2c[c]c(N(C)C)c(CO)c2C1=O. The summed E-state index contributed by atoms with van der Waals surface area (Å²) in [7, 11) is 3.77. The van der Waals surface area contributed by atoms with E-state index in [2.05, 4.69) is 6.07 Å². The van der Waals surface area contributed by atoms with E-state index in [1.54, 1.807) is 0 Å². The van der Waals surface area contributed by atoms with Crippen LogP contribution in [0.25, 0.3) is 0 Å². The summed E-state index contributed by atoms with van der Waals surface area (Å²) in [4.78, 5) is 16.1. The third kappa shape index (κ3) is 1.86. The summed E-state index contributed by atoms with van der Waals surface area (Å²) in [6, 6.07) is 5.19. The molecule has 0 unspecified atom stereocenters. The lowest BCUT2D eigenvalue weighted by molar-refractivity contribution is 0.0728. The topological polar surface area (TPSA) is 43.8 Å². The highest BCUT2D eigenvalue weighted by molar-refractivity contribution is 6.01. The number of rotatable bonds is 3. The van der Waals surface area contributed by atoms with E-state index < -0.39 is 0 Å². The minimum Gasteiger partial charge on any atom is -0.392 e. The number of carbonyl (C=O) groups excluding carboxylic acids is 1. The Kier molecular flexibility index (Phi) is 3.30. The predicted octanol–water partition coefficient (Wildman–Crippen LogP) is 1.41. The monoisotopic (exact) mass is 247 g/mol. The number of hydrogen-bond acceptors (Lipinski definition) is 3. The van der Waals surface area contributed by atoms with E-state index in [1.165, 1.54) is 0 Å². The highest BCUT2D eigenvalue weighted by Gasteiger charge is 2.32. The van der Waals surface area contributed by atoms with Crippen molar-refractivity contribution in [2.45, 2.75) is 33.0 Å². The molecule has 4 nitrogen and oxygen atoms in total. The number of carbonyl (C=O) groups is 1. The molecule has 0 aromatic heterocycles. The van der Waals surface area contributed by atoms with E-state index >= 15 is 0 Å². The van der Waals surface area contributed by atoms with E-state index in [1.807, 2.05) is 43.8 Å². The number of benzene rings is 1. The number of anilines is 1. The lowest BCUT2D eigenvalue weighted by atomic mass is 10.0. The van der Waals surface area contributed by atoms with Crippen LogP contribution in [0.1, 0.15) is 35.3 Å². The Bertz CT molecular complexity index is 481. The van der Waals surface area contributed by atoms with Gasteiger partial charge in [-0.25, -0.2) is 0 Å². The quantitative estimate of drug-likeness (QED) is 0.878. The maximum atomic E-state index is 12.4. The number of nitrogens with zero attached hydrogens (tertiary/aromatic N) is 2. The molecule has 0 atom stereocenters. The van der Waals surface area contributed by atoms with Gasteiger partial charge in [0.1, 0.15) is 0 Å². The smallest absolute Gasteiger partial charge is 0.255 e. The second-order valence-electron chi connectivity index (χ2n) is 5.10. The molecule has 4 heteroatoms. The molecule has 1 aromatic carbocycles. The molecule has 1 aliphatic rings. The highest BCUT2D eigenvalue weighted by Crippen LogP contribution is 2.32. The van der Waals surface area contributed by atoms with E-state index in [9.17, 15) is 9.90 Å². The van der Waals surface area contributed by atoms with Crippen molar-refractivity contribution in [3.05, 3.63) is 28.8 Å². The van der Waals surface area contributed by atoms with Crippen LogP contribution in [0, 0.1) is 6.07 Å². The molecule has 1 N–H and O–H groups in total. The van der Waals surface area contributed by atoms with Gasteiger partial charge >= 0.3 is 0 Å². The first-order valence-electron chi connectivity index (χ1n) is 6.13. The van der Waals surface area contributed by atoms with Gasteiger partial charge in [-0.2, -0.15) is 0 Å². The first-order valence-corrected chi connectivity index (χ1v) is 6.13. The van der Waals surface area contributed by atoms with Crippen LogP contribution in [-0.4, -0.2) is 36.1 Å². The van der Waals surface area contributed by atoms with Gasteiger partial charge in [0.05, 0.1) is 17.9 Å². The van der Waals surface area contributed by atoms with E-state index in [4.69, 9.17) is 0 Å². The molecule has 0 fully saturated rings. The third-order valence-corrected chi connectivity index (χ3v) is 3.34. The molecule has 0 saturated heterocycles. The van der Waals surface area contributed by atoms with Crippen LogP contribution >= 0.6 is 0 Å². The van der Waals surface area contributed by atoms with Gasteiger partial charge in [-0.1, -0.05) is 0 Å². The van der Waals surface area contributed by atoms with Crippen molar-refractivity contribution in [2.75, 3.05) is 19.0 Å². The Labute approximate surface area is 108 Å². The molecule has 1 aliphatic heterocycles.